The van der Waals surface area contributed by atoms with Gasteiger partial charge in [0.05, 0.1) is 12.2 Å². The molecule has 138 valence electrons. The number of halogens is 4. The minimum absolute atomic E-state index is 0.0433. The Hall–Kier alpha value is -2.77. The Balaban J connectivity index is 1.71. The molecule has 0 atom stereocenters. The summed E-state index contributed by atoms with van der Waals surface area (Å²) in [5, 5.41) is 2.61. The highest BCUT2D eigenvalue weighted by atomic mass is 19.4. The lowest BCUT2D eigenvalue weighted by Crippen LogP contribution is -2.26. The molecule has 1 fully saturated rings. The molecular formula is C18H17F4N3O. The Bertz CT molecular complexity index is 816. The van der Waals surface area contributed by atoms with Crippen LogP contribution in [0.4, 0.5) is 23.2 Å². The van der Waals surface area contributed by atoms with E-state index in [1.165, 1.54) is 24.3 Å². The van der Waals surface area contributed by atoms with Gasteiger partial charge in [-0.1, -0.05) is 30.3 Å². The number of hydrogen-bond donors (Lipinski definition) is 2. The van der Waals surface area contributed by atoms with E-state index in [0.717, 1.165) is 12.8 Å². The summed E-state index contributed by atoms with van der Waals surface area (Å²) >= 11 is 0. The average molecular weight is 367 g/mol. The fraction of sp³-hybridized carbons (Fsp3) is 0.278. The number of anilines is 1. The van der Waals surface area contributed by atoms with E-state index < -0.39 is 17.5 Å². The third kappa shape index (κ3) is 4.25. The van der Waals surface area contributed by atoms with Crippen molar-refractivity contribution < 1.29 is 22.3 Å². The highest BCUT2D eigenvalue weighted by Gasteiger charge is 2.45. The molecular weight excluding hydrogens is 350 g/mol. The van der Waals surface area contributed by atoms with Gasteiger partial charge in [0.15, 0.2) is 11.7 Å². The van der Waals surface area contributed by atoms with Gasteiger partial charge in [0, 0.05) is 5.41 Å². The Morgan fingerprint density at radius 2 is 1.77 bits per heavy atom. The number of nitrogens with two attached hydrogens (primary N) is 1. The number of guanidine groups is 1. The first kappa shape index (κ1) is 18.0. The van der Waals surface area contributed by atoms with Crippen molar-refractivity contribution in [3.63, 3.8) is 0 Å². The van der Waals surface area contributed by atoms with Crippen LogP contribution in [0.2, 0.25) is 0 Å². The van der Waals surface area contributed by atoms with Gasteiger partial charge in [-0.3, -0.25) is 4.99 Å². The quantitative estimate of drug-likeness (QED) is 0.473. The normalized spacial score (nSPS) is 16.2. The zero-order valence-corrected chi connectivity index (χ0v) is 13.7. The van der Waals surface area contributed by atoms with Crippen molar-refractivity contribution >= 4 is 11.6 Å². The van der Waals surface area contributed by atoms with Crippen LogP contribution in [0.15, 0.2) is 53.5 Å². The fourth-order valence-electron chi connectivity index (χ4n) is 2.75. The number of benzene rings is 2. The monoisotopic (exact) mass is 367 g/mol. The largest absolute Gasteiger partial charge is 0.573 e. The molecule has 0 heterocycles. The van der Waals surface area contributed by atoms with Gasteiger partial charge in [-0.2, -0.15) is 0 Å². The summed E-state index contributed by atoms with van der Waals surface area (Å²) in [7, 11) is 0. The molecule has 0 saturated heterocycles. The molecule has 26 heavy (non-hydrogen) atoms. The van der Waals surface area contributed by atoms with Gasteiger partial charge in [0.2, 0.25) is 0 Å². The molecule has 1 aliphatic carbocycles. The summed E-state index contributed by atoms with van der Waals surface area (Å²) in [4.78, 5) is 4.19. The molecule has 0 radical (unpaired) electrons. The highest BCUT2D eigenvalue weighted by Crippen LogP contribution is 2.49. The van der Waals surface area contributed by atoms with Crippen molar-refractivity contribution in [3.8, 4) is 5.75 Å². The number of rotatable bonds is 5. The molecule has 1 saturated carbocycles. The SMILES string of the molecule is NC(=NCC1(c2ccccc2F)CC1)Nc1ccccc1OC(F)(F)F. The van der Waals surface area contributed by atoms with Crippen molar-refractivity contribution in [1.82, 2.24) is 0 Å². The topological polar surface area (TPSA) is 59.6 Å². The molecule has 2 aromatic rings. The second-order valence-corrected chi connectivity index (χ2v) is 6.13. The minimum Gasteiger partial charge on any atom is -0.404 e. The number of nitrogens with zero attached hydrogens (tertiary/aromatic N) is 1. The van der Waals surface area contributed by atoms with Crippen LogP contribution in [0.25, 0.3) is 0 Å². The number of ether oxygens (including phenoxy) is 1. The Kier molecular flexibility index (Phi) is 4.76. The van der Waals surface area contributed by atoms with E-state index in [1.54, 1.807) is 24.3 Å². The van der Waals surface area contributed by atoms with Crippen LogP contribution in [0.1, 0.15) is 18.4 Å². The van der Waals surface area contributed by atoms with E-state index in [1.807, 2.05) is 0 Å². The number of hydrogen-bond acceptors (Lipinski definition) is 2. The Morgan fingerprint density at radius 1 is 1.12 bits per heavy atom. The molecule has 0 spiro atoms. The third-order valence-electron chi connectivity index (χ3n) is 4.23. The molecule has 4 nitrogen and oxygen atoms in total. The van der Waals surface area contributed by atoms with Crippen molar-refractivity contribution in [2.45, 2.75) is 24.6 Å². The maximum atomic E-state index is 14.0. The van der Waals surface area contributed by atoms with E-state index in [4.69, 9.17) is 5.73 Å². The first-order valence-corrected chi connectivity index (χ1v) is 7.96. The molecule has 3 rings (SSSR count). The molecule has 0 aliphatic heterocycles. The number of nitrogens with one attached hydrogen (secondary N) is 1. The van der Waals surface area contributed by atoms with Crippen LogP contribution in [0.3, 0.4) is 0 Å². The first-order chi connectivity index (χ1) is 12.3. The van der Waals surface area contributed by atoms with Gasteiger partial charge in [-0.15, -0.1) is 13.2 Å². The maximum Gasteiger partial charge on any atom is 0.573 e. The predicted octanol–water partition coefficient (Wildman–Crippen LogP) is 4.18. The summed E-state index contributed by atoms with van der Waals surface area (Å²) in [6.45, 7) is 0.245. The van der Waals surface area contributed by atoms with Gasteiger partial charge in [0.1, 0.15) is 5.82 Å². The summed E-state index contributed by atoms with van der Waals surface area (Å²) < 4.78 is 55.3. The number of aliphatic imine (C=N–C) groups is 1. The van der Waals surface area contributed by atoms with Crippen molar-refractivity contribution in [2.24, 2.45) is 10.7 Å². The molecule has 2 aromatic carbocycles. The molecule has 0 bridgehead atoms. The summed E-state index contributed by atoms with van der Waals surface area (Å²) in [6.07, 6.45) is -3.26. The lowest BCUT2D eigenvalue weighted by molar-refractivity contribution is -0.274. The summed E-state index contributed by atoms with van der Waals surface area (Å²) in [6, 6.07) is 12.0. The van der Waals surface area contributed by atoms with Gasteiger partial charge < -0.3 is 15.8 Å². The van der Waals surface area contributed by atoms with Gasteiger partial charge >= 0.3 is 6.36 Å². The Labute approximate surface area is 147 Å². The Morgan fingerprint density at radius 3 is 2.42 bits per heavy atom. The lowest BCUT2D eigenvalue weighted by Gasteiger charge is -2.16. The van der Waals surface area contributed by atoms with Crippen LogP contribution in [0, 0.1) is 5.82 Å². The smallest absolute Gasteiger partial charge is 0.404 e. The molecule has 0 amide bonds. The number of alkyl halides is 3. The minimum atomic E-state index is -4.81. The lowest BCUT2D eigenvalue weighted by atomic mass is 9.95. The van der Waals surface area contributed by atoms with Crippen molar-refractivity contribution in [3.05, 3.63) is 59.9 Å². The standard InChI is InChI=1S/C18H17F4N3O/c19-13-6-2-1-5-12(13)17(9-10-17)11-24-16(23)25-14-7-3-4-8-15(14)26-18(20,21)22/h1-8H,9-11H2,(H3,23,24,25). The average Bonchev–Trinajstić information content (AvgIpc) is 3.35. The third-order valence-corrected chi connectivity index (χ3v) is 4.23. The molecule has 0 aromatic heterocycles. The molecule has 8 heteroatoms. The predicted molar refractivity (Wildman–Crippen MR) is 90.5 cm³/mol. The first-order valence-electron chi connectivity index (χ1n) is 7.96. The molecule has 3 N–H and O–H groups in total. The van der Waals surface area contributed by atoms with E-state index >= 15 is 0 Å². The second kappa shape index (κ2) is 6.86. The van der Waals surface area contributed by atoms with Crippen LogP contribution < -0.4 is 15.8 Å². The maximum absolute atomic E-state index is 14.0. The van der Waals surface area contributed by atoms with Crippen LogP contribution in [0.5, 0.6) is 5.75 Å². The fourth-order valence-corrected chi connectivity index (χ4v) is 2.75. The van der Waals surface area contributed by atoms with Gasteiger partial charge in [-0.25, -0.2) is 4.39 Å². The molecule has 0 unspecified atom stereocenters. The zero-order chi connectivity index (χ0) is 18.8. The second-order valence-electron chi connectivity index (χ2n) is 6.13. The van der Waals surface area contributed by atoms with Gasteiger partial charge in [-0.05, 0) is 36.6 Å². The van der Waals surface area contributed by atoms with Crippen LogP contribution in [-0.4, -0.2) is 18.9 Å². The van der Waals surface area contributed by atoms with E-state index in [0.29, 0.717) is 5.56 Å². The van der Waals surface area contributed by atoms with Crippen molar-refractivity contribution in [1.29, 1.82) is 0 Å². The summed E-state index contributed by atoms with van der Waals surface area (Å²) in [5.41, 5.74) is 6.02. The van der Waals surface area contributed by atoms with E-state index in [-0.39, 0.29) is 24.0 Å². The molecule has 1 aliphatic rings. The number of para-hydroxylation sites is 2. The van der Waals surface area contributed by atoms with Crippen molar-refractivity contribution in [2.75, 3.05) is 11.9 Å². The van der Waals surface area contributed by atoms with E-state index in [9.17, 15) is 17.6 Å². The van der Waals surface area contributed by atoms with Crippen LogP contribution >= 0.6 is 0 Å². The van der Waals surface area contributed by atoms with Gasteiger partial charge in [0.25, 0.3) is 0 Å². The highest BCUT2D eigenvalue weighted by molar-refractivity contribution is 5.93. The van der Waals surface area contributed by atoms with E-state index in [2.05, 4.69) is 15.0 Å². The van der Waals surface area contributed by atoms with Crippen LogP contribution in [-0.2, 0) is 5.41 Å². The zero-order valence-electron chi connectivity index (χ0n) is 13.7. The summed E-state index contributed by atoms with van der Waals surface area (Å²) in [5.74, 6) is -0.769.